The van der Waals surface area contributed by atoms with E-state index in [9.17, 15) is 4.79 Å². The summed E-state index contributed by atoms with van der Waals surface area (Å²) in [6, 6.07) is -0.393. The van der Waals surface area contributed by atoms with Crippen LogP contribution in [0.15, 0.2) is 12.7 Å². The van der Waals surface area contributed by atoms with Gasteiger partial charge in [0, 0.05) is 19.8 Å². The number of ether oxygens (including phenoxy) is 1. The number of carbonyl (C=O) groups excluding carboxylic acids is 1. The third-order valence-corrected chi connectivity index (χ3v) is 1.88. The van der Waals surface area contributed by atoms with Crippen molar-refractivity contribution in [3.8, 4) is 0 Å². The van der Waals surface area contributed by atoms with E-state index in [0.29, 0.717) is 13.0 Å². The van der Waals surface area contributed by atoms with E-state index in [1.54, 1.807) is 13.2 Å². The Labute approximate surface area is 85.5 Å². The molecule has 0 rings (SSSR count). The minimum Gasteiger partial charge on any atom is -0.385 e. The lowest BCUT2D eigenvalue weighted by Gasteiger charge is -2.15. The van der Waals surface area contributed by atoms with E-state index in [4.69, 9.17) is 10.5 Å². The lowest BCUT2D eigenvalue weighted by molar-refractivity contribution is -0.123. The zero-order valence-corrected chi connectivity index (χ0v) is 8.95. The first-order chi connectivity index (χ1) is 6.61. The number of amides is 1. The largest absolute Gasteiger partial charge is 0.385 e. The molecule has 0 aromatic carbocycles. The summed E-state index contributed by atoms with van der Waals surface area (Å²) in [6.07, 6.45) is 3.07. The Kier molecular flexibility index (Phi) is 7.06. The van der Waals surface area contributed by atoms with Gasteiger partial charge in [-0.05, 0) is 19.8 Å². The highest BCUT2D eigenvalue weighted by Crippen LogP contribution is 1.94. The van der Waals surface area contributed by atoms with Crippen LogP contribution in [-0.2, 0) is 9.53 Å². The fourth-order valence-corrected chi connectivity index (χ4v) is 1.03. The molecule has 0 radical (unpaired) electrons. The summed E-state index contributed by atoms with van der Waals surface area (Å²) < 4.78 is 4.84. The van der Waals surface area contributed by atoms with Crippen LogP contribution in [0.3, 0.4) is 0 Å². The lowest BCUT2D eigenvalue weighted by Crippen LogP contribution is -2.44. The third kappa shape index (κ3) is 5.72. The quantitative estimate of drug-likeness (QED) is 0.586. The van der Waals surface area contributed by atoms with Crippen molar-refractivity contribution in [1.82, 2.24) is 5.32 Å². The molecule has 0 fully saturated rings. The Morgan fingerprint density at radius 3 is 2.86 bits per heavy atom. The minimum atomic E-state index is -0.484. The van der Waals surface area contributed by atoms with Crippen molar-refractivity contribution in [1.29, 1.82) is 0 Å². The zero-order valence-electron chi connectivity index (χ0n) is 8.95. The second-order valence-corrected chi connectivity index (χ2v) is 3.32. The number of nitrogens with two attached hydrogens (primary N) is 1. The smallest absolute Gasteiger partial charge is 0.237 e. The van der Waals surface area contributed by atoms with E-state index < -0.39 is 6.04 Å². The van der Waals surface area contributed by atoms with Gasteiger partial charge in [0.05, 0.1) is 6.04 Å². The number of nitrogens with one attached hydrogen (secondary N) is 1. The van der Waals surface area contributed by atoms with Crippen LogP contribution in [0.1, 0.15) is 19.8 Å². The molecule has 0 aliphatic carbocycles. The summed E-state index contributed by atoms with van der Waals surface area (Å²) in [7, 11) is 1.59. The van der Waals surface area contributed by atoms with Crippen molar-refractivity contribution in [3.05, 3.63) is 12.7 Å². The van der Waals surface area contributed by atoms with Gasteiger partial charge >= 0.3 is 0 Å². The summed E-state index contributed by atoms with van der Waals surface area (Å²) in [6.45, 7) is 6.02. The first kappa shape index (κ1) is 13.1. The molecule has 0 aromatic rings. The van der Waals surface area contributed by atoms with E-state index in [1.165, 1.54) is 0 Å². The Hall–Kier alpha value is -0.870. The van der Waals surface area contributed by atoms with Crippen molar-refractivity contribution in [2.24, 2.45) is 5.73 Å². The average molecular weight is 200 g/mol. The van der Waals surface area contributed by atoms with Crippen LogP contribution in [-0.4, -0.2) is 31.7 Å². The number of hydrogen-bond donors (Lipinski definition) is 2. The summed E-state index contributed by atoms with van der Waals surface area (Å²) in [5, 5.41) is 2.80. The van der Waals surface area contributed by atoms with Crippen molar-refractivity contribution in [3.63, 3.8) is 0 Å². The highest BCUT2D eigenvalue weighted by Gasteiger charge is 2.14. The minimum absolute atomic E-state index is 0.0913. The molecule has 0 saturated carbocycles. The Morgan fingerprint density at radius 2 is 2.36 bits per heavy atom. The van der Waals surface area contributed by atoms with Crippen LogP contribution >= 0.6 is 0 Å². The molecule has 4 nitrogen and oxygen atoms in total. The third-order valence-electron chi connectivity index (χ3n) is 1.88. The average Bonchev–Trinajstić information content (AvgIpc) is 2.14. The van der Waals surface area contributed by atoms with E-state index in [0.717, 1.165) is 6.42 Å². The molecule has 1 amide bonds. The second-order valence-electron chi connectivity index (χ2n) is 3.32. The molecule has 0 aromatic heterocycles. The molecule has 0 heterocycles. The van der Waals surface area contributed by atoms with Crippen molar-refractivity contribution < 1.29 is 9.53 Å². The van der Waals surface area contributed by atoms with Gasteiger partial charge in [-0.25, -0.2) is 0 Å². The predicted molar refractivity (Wildman–Crippen MR) is 56.9 cm³/mol. The lowest BCUT2D eigenvalue weighted by atomic mass is 10.2. The molecule has 14 heavy (non-hydrogen) atoms. The molecular weight excluding hydrogens is 180 g/mol. The Balaban J connectivity index is 3.76. The molecule has 3 N–H and O–H groups in total. The van der Waals surface area contributed by atoms with E-state index in [2.05, 4.69) is 11.9 Å². The van der Waals surface area contributed by atoms with Gasteiger partial charge in [0.15, 0.2) is 0 Å². The highest BCUT2D eigenvalue weighted by molar-refractivity contribution is 5.81. The van der Waals surface area contributed by atoms with E-state index >= 15 is 0 Å². The van der Waals surface area contributed by atoms with Crippen molar-refractivity contribution >= 4 is 5.91 Å². The van der Waals surface area contributed by atoms with Gasteiger partial charge in [0.2, 0.25) is 5.91 Å². The molecule has 82 valence electrons. The van der Waals surface area contributed by atoms with Gasteiger partial charge in [-0.2, -0.15) is 0 Å². The van der Waals surface area contributed by atoms with E-state index in [-0.39, 0.29) is 11.9 Å². The van der Waals surface area contributed by atoms with Gasteiger partial charge in [0.25, 0.3) is 0 Å². The second kappa shape index (κ2) is 7.53. The van der Waals surface area contributed by atoms with Crippen LogP contribution < -0.4 is 11.1 Å². The van der Waals surface area contributed by atoms with Crippen LogP contribution in [0.2, 0.25) is 0 Å². The monoisotopic (exact) mass is 200 g/mol. The normalized spacial score (nSPS) is 14.5. The fourth-order valence-electron chi connectivity index (χ4n) is 1.03. The first-order valence-corrected chi connectivity index (χ1v) is 4.77. The summed E-state index contributed by atoms with van der Waals surface area (Å²) in [5.41, 5.74) is 5.63. The predicted octanol–water partition coefficient (Wildman–Crippen LogP) is 0.431. The van der Waals surface area contributed by atoms with Crippen molar-refractivity contribution in [2.75, 3.05) is 13.7 Å². The van der Waals surface area contributed by atoms with Crippen LogP contribution in [0, 0.1) is 0 Å². The van der Waals surface area contributed by atoms with Gasteiger partial charge in [-0.15, -0.1) is 6.58 Å². The van der Waals surface area contributed by atoms with Crippen molar-refractivity contribution in [2.45, 2.75) is 31.8 Å². The highest BCUT2D eigenvalue weighted by atomic mass is 16.5. The summed E-state index contributed by atoms with van der Waals surface area (Å²) in [5.74, 6) is -0.128. The molecule has 0 aliphatic rings. The molecule has 2 unspecified atom stereocenters. The number of hydrogen-bond acceptors (Lipinski definition) is 3. The molecule has 4 heteroatoms. The summed E-state index contributed by atoms with van der Waals surface area (Å²) in [4.78, 5) is 11.4. The number of carbonyl (C=O) groups is 1. The number of methoxy groups -OCH3 is 1. The van der Waals surface area contributed by atoms with Gasteiger partial charge in [-0.3, -0.25) is 4.79 Å². The maximum Gasteiger partial charge on any atom is 0.237 e. The topological polar surface area (TPSA) is 64.4 Å². The maximum absolute atomic E-state index is 11.4. The zero-order chi connectivity index (χ0) is 11.0. The van der Waals surface area contributed by atoms with Gasteiger partial charge < -0.3 is 15.8 Å². The molecule has 2 atom stereocenters. The first-order valence-electron chi connectivity index (χ1n) is 4.77. The molecule has 0 aliphatic heterocycles. The van der Waals surface area contributed by atoms with Gasteiger partial charge in [0.1, 0.15) is 0 Å². The Bertz CT molecular complexity index is 183. The standard InChI is InChI=1S/C10H20N2O2/c1-4-5-8(2)12-10(13)9(11)6-7-14-3/h4,8-9H,1,5-7,11H2,2-3H3,(H,12,13). The van der Waals surface area contributed by atoms with Crippen LogP contribution in [0.5, 0.6) is 0 Å². The fraction of sp³-hybridized carbons (Fsp3) is 0.700. The SMILES string of the molecule is C=CCC(C)NC(=O)C(N)CCOC. The van der Waals surface area contributed by atoms with Crippen LogP contribution in [0.25, 0.3) is 0 Å². The molecule has 0 bridgehead atoms. The maximum atomic E-state index is 11.4. The van der Waals surface area contributed by atoms with Gasteiger partial charge in [-0.1, -0.05) is 6.08 Å². The summed E-state index contributed by atoms with van der Waals surface area (Å²) >= 11 is 0. The van der Waals surface area contributed by atoms with Crippen LogP contribution in [0.4, 0.5) is 0 Å². The molecular formula is C10H20N2O2. The molecule has 0 saturated heterocycles. The number of rotatable bonds is 7. The molecule has 0 spiro atoms. The Morgan fingerprint density at radius 1 is 1.71 bits per heavy atom. The van der Waals surface area contributed by atoms with E-state index in [1.807, 2.05) is 6.92 Å².